The molecule has 146 valence electrons. The Balaban J connectivity index is 0.00000576. The van der Waals surface area contributed by atoms with Gasteiger partial charge in [-0.15, -0.1) is 24.0 Å². The van der Waals surface area contributed by atoms with Crippen molar-refractivity contribution in [2.24, 2.45) is 12.0 Å². The SMILES string of the molecule is CCNC(=NCc1c(C)nn(C)c1C)NCCCNS(=O)(=O)CC.I. The van der Waals surface area contributed by atoms with E-state index in [-0.39, 0.29) is 29.7 Å². The molecule has 0 amide bonds. The highest BCUT2D eigenvalue weighted by atomic mass is 127. The number of nitrogens with one attached hydrogen (secondary N) is 3. The largest absolute Gasteiger partial charge is 0.357 e. The van der Waals surface area contributed by atoms with Crippen molar-refractivity contribution < 1.29 is 8.42 Å². The second kappa shape index (κ2) is 11.7. The van der Waals surface area contributed by atoms with Crippen molar-refractivity contribution in [3.05, 3.63) is 17.0 Å². The van der Waals surface area contributed by atoms with Crippen LogP contribution < -0.4 is 15.4 Å². The summed E-state index contributed by atoms with van der Waals surface area (Å²) in [6, 6.07) is 0. The van der Waals surface area contributed by atoms with Gasteiger partial charge in [0.25, 0.3) is 0 Å². The summed E-state index contributed by atoms with van der Waals surface area (Å²) >= 11 is 0. The molecule has 1 heterocycles. The Labute approximate surface area is 168 Å². The number of guanidine groups is 1. The monoisotopic (exact) mass is 486 g/mol. The summed E-state index contributed by atoms with van der Waals surface area (Å²) in [6.07, 6.45) is 0.689. The van der Waals surface area contributed by atoms with Crippen molar-refractivity contribution in [3.63, 3.8) is 0 Å². The minimum absolute atomic E-state index is 0. The summed E-state index contributed by atoms with van der Waals surface area (Å²) in [5.74, 6) is 0.826. The lowest BCUT2D eigenvalue weighted by Gasteiger charge is -2.11. The number of nitrogens with zero attached hydrogens (tertiary/aromatic N) is 3. The Kier molecular flexibility index (Phi) is 11.3. The van der Waals surface area contributed by atoms with Gasteiger partial charge in [0, 0.05) is 37.9 Å². The zero-order valence-electron chi connectivity index (χ0n) is 15.7. The van der Waals surface area contributed by atoms with Crippen molar-refractivity contribution in [1.29, 1.82) is 0 Å². The fourth-order valence-corrected chi connectivity index (χ4v) is 2.83. The van der Waals surface area contributed by atoms with Gasteiger partial charge >= 0.3 is 0 Å². The molecule has 0 aliphatic carbocycles. The molecule has 0 bridgehead atoms. The van der Waals surface area contributed by atoms with Crippen LogP contribution in [0.15, 0.2) is 4.99 Å². The Bertz CT molecular complexity index is 657. The average Bonchev–Trinajstić information content (AvgIpc) is 2.77. The number of hydrogen-bond acceptors (Lipinski definition) is 4. The van der Waals surface area contributed by atoms with E-state index in [4.69, 9.17) is 0 Å². The van der Waals surface area contributed by atoms with Crippen LogP contribution in [0.1, 0.15) is 37.2 Å². The molecule has 0 spiro atoms. The molecular weight excluding hydrogens is 455 g/mol. The smallest absolute Gasteiger partial charge is 0.211 e. The van der Waals surface area contributed by atoms with Gasteiger partial charge in [0.1, 0.15) is 0 Å². The van der Waals surface area contributed by atoms with Crippen LogP contribution in [0.25, 0.3) is 0 Å². The van der Waals surface area contributed by atoms with E-state index in [0.29, 0.717) is 26.1 Å². The van der Waals surface area contributed by atoms with Crippen molar-refractivity contribution in [1.82, 2.24) is 25.1 Å². The average molecular weight is 486 g/mol. The molecule has 1 aromatic rings. The molecule has 0 saturated carbocycles. The zero-order chi connectivity index (χ0) is 18.2. The topological polar surface area (TPSA) is 100 Å². The number of aliphatic imine (C=N–C) groups is 1. The van der Waals surface area contributed by atoms with Crippen LogP contribution in [-0.2, 0) is 23.6 Å². The third kappa shape index (κ3) is 8.36. The van der Waals surface area contributed by atoms with Crippen LogP contribution in [0.2, 0.25) is 0 Å². The summed E-state index contributed by atoms with van der Waals surface area (Å²) in [5, 5.41) is 10.8. The van der Waals surface area contributed by atoms with Crippen molar-refractivity contribution in [2.75, 3.05) is 25.4 Å². The zero-order valence-corrected chi connectivity index (χ0v) is 18.9. The van der Waals surface area contributed by atoms with Crippen LogP contribution >= 0.6 is 24.0 Å². The van der Waals surface area contributed by atoms with E-state index in [9.17, 15) is 8.42 Å². The number of rotatable bonds is 9. The van der Waals surface area contributed by atoms with E-state index >= 15 is 0 Å². The maximum Gasteiger partial charge on any atom is 0.211 e. The standard InChI is InChI=1S/C15H30N6O2S.HI/c1-6-16-15(17-9-8-10-19-24(22,23)7-2)18-11-14-12(3)20-21(5)13(14)4;/h19H,6-11H2,1-5H3,(H2,16,17,18);1H. The van der Waals surface area contributed by atoms with E-state index in [1.807, 2.05) is 32.5 Å². The lowest BCUT2D eigenvalue weighted by atomic mass is 10.2. The molecule has 0 saturated heterocycles. The van der Waals surface area contributed by atoms with Crippen LogP contribution in [-0.4, -0.2) is 49.5 Å². The molecule has 0 atom stereocenters. The highest BCUT2D eigenvalue weighted by molar-refractivity contribution is 14.0. The molecule has 0 radical (unpaired) electrons. The quantitative estimate of drug-likeness (QED) is 0.210. The lowest BCUT2D eigenvalue weighted by molar-refractivity contribution is 0.579. The van der Waals surface area contributed by atoms with Crippen LogP contribution in [0.5, 0.6) is 0 Å². The third-order valence-electron chi connectivity index (χ3n) is 3.75. The predicted molar refractivity (Wildman–Crippen MR) is 113 cm³/mol. The van der Waals surface area contributed by atoms with Crippen molar-refractivity contribution >= 4 is 40.0 Å². The molecule has 0 unspecified atom stereocenters. The molecule has 0 aliphatic rings. The molecule has 8 nitrogen and oxygen atoms in total. The van der Waals surface area contributed by atoms with Crippen LogP contribution in [0.3, 0.4) is 0 Å². The molecule has 1 rings (SSSR count). The molecule has 0 fully saturated rings. The first-order chi connectivity index (χ1) is 11.3. The Morgan fingerprint density at radius 2 is 1.88 bits per heavy atom. The van der Waals surface area contributed by atoms with Crippen LogP contribution in [0, 0.1) is 13.8 Å². The second-order valence-corrected chi connectivity index (χ2v) is 7.64. The molecule has 10 heteroatoms. The Morgan fingerprint density at radius 3 is 2.40 bits per heavy atom. The molecule has 25 heavy (non-hydrogen) atoms. The number of aromatic nitrogens is 2. The van der Waals surface area contributed by atoms with E-state index in [2.05, 4.69) is 25.4 Å². The maximum atomic E-state index is 11.3. The summed E-state index contributed by atoms with van der Waals surface area (Å²) in [5.41, 5.74) is 3.23. The Morgan fingerprint density at radius 1 is 1.20 bits per heavy atom. The summed E-state index contributed by atoms with van der Waals surface area (Å²) in [4.78, 5) is 4.58. The fourth-order valence-electron chi connectivity index (χ4n) is 2.17. The normalized spacial score (nSPS) is 12.0. The van der Waals surface area contributed by atoms with Gasteiger partial charge in [-0.1, -0.05) is 0 Å². The van der Waals surface area contributed by atoms with Gasteiger partial charge in [0.05, 0.1) is 18.0 Å². The molecule has 1 aromatic heterocycles. The van der Waals surface area contributed by atoms with E-state index < -0.39 is 10.0 Å². The predicted octanol–water partition coefficient (Wildman–Crippen LogP) is 1.04. The number of hydrogen-bond donors (Lipinski definition) is 3. The molecule has 3 N–H and O–H groups in total. The molecule has 0 aromatic carbocycles. The first kappa shape index (κ1) is 24.1. The fraction of sp³-hybridized carbons (Fsp3) is 0.733. The van der Waals surface area contributed by atoms with E-state index in [1.165, 1.54) is 0 Å². The number of aryl methyl sites for hydroxylation is 2. The highest BCUT2D eigenvalue weighted by Crippen LogP contribution is 2.12. The summed E-state index contributed by atoms with van der Waals surface area (Å²) < 4.78 is 27.1. The maximum absolute atomic E-state index is 11.3. The van der Waals surface area contributed by atoms with Crippen molar-refractivity contribution in [2.45, 2.75) is 40.7 Å². The van der Waals surface area contributed by atoms with Gasteiger partial charge in [0.15, 0.2) is 5.96 Å². The summed E-state index contributed by atoms with van der Waals surface area (Å²) in [6.45, 7) is 10.0. The van der Waals surface area contributed by atoms with Crippen LogP contribution in [0.4, 0.5) is 0 Å². The van der Waals surface area contributed by atoms with Gasteiger partial charge in [0.2, 0.25) is 10.0 Å². The number of halogens is 1. The Hall–Kier alpha value is -0.880. The number of sulfonamides is 1. The second-order valence-electron chi connectivity index (χ2n) is 5.55. The van der Waals surface area contributed by atoms with Crippen molar-refractivity contribution in [3.8, 4) is 0 Å². The lowest BCUT2D eigenvalue weighted by Crippen LogP contribution is -2.38. The minimum Gasteiger partial charge on any atom is -0.357 e. The first-order valence-electron chi connectivity index (χ1n) is 8.29. The van der Waals surface area contributed by atoms with E-state index in [0.717, 1.165) is 29.5 Å². The first-order valence-corrected chi connectivity index (χ1v) is 9.94. The molecular formula is C15H31IN6O2S. The van der Waals surface area contributed by atoms with Gasteiger partial charge < -0.3 is 10.6 Å². The summed E-state index contributed by atoms with van der Waals surface area (Å²) in [7, 11) is -1.19. The van der Waals surface area contributed by atoms with Gasteiger partial charge in [-0.3, -0.25) is 4.68 Å². The highest BCUT2D eigenvalue weighted by Gasteiger charge is 2.09. The molecule has 0 aliphatic heterocycles. The van der Waals surface area contributed by atoms with Gasteiger partial charge in [-0.2, -0.15) is 5.10 Å². The minimum atomic E-state index is -3.12. The van der Waals surface area contributed by atoms with Gasteiger partial charge in [-0.25, -0.2) is 18.1 Å². The van der Waals surface area contributed by atoms with Gasteiger partial charge in [-0.05, 0) is 34.1 Å². The van der Waals surface area contributed by atoms with E-state index in [1.54, 1.807) is 6.92 Å². The third-order valence-corrected chi connectivity index (χ3v) is 5.15.